The van der Waals surface area contributed by atoms with Crippen LogP contribution < -0.4 is 10.1 Å². The number of rotatable bonds is 4. The number of pyridine rings is 1. The lowest BCUT2D eigenvalue weighted by Crippen LogP contribution is -2.30. The molecule has 2 unspecified atom stereocenters. The maximum Gasteiger partial charge on any atom is 0.214 e. The van der Waals surface area contributed by atoms with Crippen LogP contribution >= 0.6 is 0 Å². The molecule has 4 heteroatoms. The maximum absolute atomic E-state index is 5.81. The minimum atomic E-state index is 0.397. The zero-order chi connectivity index (χ0) is 11.7. The number of aromatic nitrogens is 1. The molecule has 0 amide bonds. The summed E-state index contributed by atoms with van der Waals surface area (Å²) in [6, 6.07) is 4.35. The van der Waals surface area contributed by atoms with E-state index in [1.54, 1.807) is 13.3 Å². The molecule has 1 aliphatic carbocycles. The number of hydrogen-bond donors (Lipinski definition) is 1. The lowest BCUT2D eigenvalue weighted by atomic mass is 10.1. The van der Waals surface area contributed by atoms with E-state index < -0.39 is 0 Å². The first-order valence-electron chi connectivity index (χ1n) is 6.25. The number of methoxy groups -OCH3 is 1. The molecule has 4 nitrogen and oxygen atoms in total. The van der Waals surface area contributed by atoms with Gasteiger partial charge in [-0.05, 0) is 31.2 Å². The number of nitrogens with zero attached hydrogens (tertiary/aromatic N) is 1. The van der Waals surface area contributed by atoms with Crippen LogP contribution in [0.15, 0.2) is 18.3 Å². The van der Waals surface area contributed by atoms with Crippen molar-refractivity contribution in [2.75, 3.05) is 19.0 Å². The van der Waals surface area contributed by atoms with E-state index in [0.29, 0.717) is 18.0 Å². The second-order valence-corrected chi connectivity index (χ2v) is 4.80. The van der Waals surface area contributed by atoms with E-state index in [1.807, 2.05) is 12.1 Å². The monoisotopic (exact) mass is 234 g/mol. The van der Waals surface area contributed by atoms with Crippen LogP contribution in [0.3, 0.4) is 0 Å². The van der Waals surface area contributed by atoms with Crippen LogP contribution in [0.5, 0.6) is 5.88 Å². The second kappa shape index (κ2) is 4.53. The summed E-state index contributed by atoms with van der Waals surface area (Å²) in [4.78, 5) is 4.11. The van der Waals surface area contributed by atoms with Gasteiger partial charge in [0.2, 0.25) is 5.88 Å². The summed E-state index contributed by atoms with van der Waals surface area (Å²) < 4.78 is 10.9. The first-order chi connectivity index (χ1) is 8.36. The Hall–Kier alpha value is -1.29. The summed E-state index contributed by atoms with van der Waals surface area (Å²) in [6.07, 6.45) is 5.90. The largest absolute Gasteiger partial charge is 0.481 e. The van der Waals surface area contributed by atoms with Crippen molar-refractivity contribution in [1.82, 2.24) is 4.98 Å². The van der Waals surface area contributed by atoms with Crippen molar-refractivity contribution in [3.8, 4) is 5.88 Å². The smallest absolute Gasteiger partial charge is 0.214 e. The Balaban J connectivity index is 1.68. The molecular formula is C13H18N2O2. The third-order valence-electron chi connectivity index (χ3n) is 3.52. The molecule has 17 heavy (non-hydrogen) atoms. The lowest BCUT2D eigenvalue weighted by Gasteiger charge is -2.20. The first-order valence-corrected chi connectivity index (χ1v) is 6.25. The standard InChI is InChI=1S/C13H18N2O2/c1-16-12-8-10(4-6-14-12)15-11-5-7-17-13(11)9-2-3-9/h4,6,8-9,11,13H,2-3,5,7H2,1H3,(H,14,15). The van der Waals surface area contributed by atoms with E-state index in [0.717, 1.165) is 24.6 Å². The molecule has 1 aromatic rings. The Bertz CT molecular complexity index is 393. The van der Waals surface area contributed by atoms with Crippen molar-refractivity contribution in [1.29, 1.82) is 0 Å². The van der Waals surface area contributed by atoms with Crippen LogP contribution in [0.2, 0.25) is 0 Å². The highest BCUT2D eigenvalue weighted by molar-refractivity contribution is 5.46. The molecular weight excluding hydrogens is 216 g/mol. The lowest BCUT2D eigenvalue weighted by molar-refractivity contribution is 0.0898. The topological polar surface area (TPSA) is 43.4 Å². The Kier molecular flexibility index (Phi) is 2.89. The van der Waals surface area contributed by atoms with Crippen LogP contribution in [-0.2, 0) is 4.74 Å². The van der Waals surface area contributed by atoms with Crippen LogP contribution in [-0.4, -0.2) is 30.8 Å². The number of anilines is 1. The van der Waals surface area contributed by atoms with Gasteiger partial charge in [0.15, 0.2) is 0 Å². The van der Waals surface area contributed by atoms with E-state index in [9.17, 15) is 0 Å². The highest BCUT2D eigenvalue weighted by Gasteiger charge is 2.40. The fourth-order valence-electron chi connectivity index (χ4n) is 2.48. The summed E-state index contributed by atoms with van der Waals surface area (Å²) in [5.74, 6) is 1.43. The molecule has 1 saturated heterocycles. The van der Waals surface area contributed by atoms with Gasteiger partial charge < -0.3 is 14.8 Å². The first kappa shape index (κ1) is 10.8. The molecule has 1 saturated carbocycles. The van der Waals surface area contributed by atoms with E-state index >= 15 is 0 Å². The third kappa shape index (κ3) is 2.36. The average molecular weight is 234 g/mol. The Morgan fingerprint density at radius 3 is 3.06 bits per heavy atom. The number of ether oxygens (including phenoxy) is 2. The van der Waals surface area contributed by atoms with Gasteiger partial charge in [0.05, 0.1) is 19.3 Å². The Labute approximate surface area is 101 Å². The van der Waals surface area contributed by atoms with Gasteiger partial charge in [0.1, 0.15) is 0 Å². The van der Waals surface area contributed by atoms with Crippen molar-refractivity contribution < 1.29 is 9.47 Å². The normalized spacial score (nSPS) is 28.1. The fraction of sp³-hybridized carbons (Fsp3) is 0.615. The molecule has 2 fully saturated rings. The summed E-state index contributed by atoms with van der Waals surface area (Å²) >= 11 is 0. The molecule has 1 aromatic heterocycles. The molecule has 0 aromatic carbocycles. The predicted molar refractivity (Wildman–Crippen MR) is 65.3 cm³/mol. The van der Waals surface area contributed by atoms with Crippen molar-refractivity contribution in [2.45, 2.75) is 31.4 Å². The number of hydrogen-bond acceptors (Lipinski definition) is 4. The van der Waals surface area contributed by atoms with Gasteiger partial charge in [-0.3, -0.25) is 0 Å². The highest BCUT2D eigenvalue weighted by Crippen LogP contribution is 2.39. The zero-order valence-electron chi connectivity index (χ0n) is 10.1. The molecule has 2 heterocycles. The van der Waals surface area contributed by atoms with Crippen molar-refractivity contribution >= 4 is 5.69 Å². The van der Waals surface area contributed by atoms with Crippen molar-refractivity contribution in [2.24, 2.45) is 5.92 Å². The third-order valence-corrected chi connectivity index (χ3v) is 3.52. The Morgan fingerprint density at radius 1 is 1.41 bits per heavy atom. The molecule has 3 rings (SSSR count). The van der Waals surface area contributed by atoms with E-state index in [2.05, 4.69) is 10.3 Å². The molecule has 2 atom stereocenters. The van der Waals surface area contributed by atoms with Crippen LogP contribution in [0.25, 0.3) is 0 Å². The van der Waals surface area contributed by atoms with Gasteiger partial charge in [-0.2, -0.15) is 0 Å². The van der Waals surface area contributed by atoms with Gasteiger partial charge in [-0.1, -0.05) is 0 Å². The highest BCUT2D eigenvalue weighted by atomic mass is 16.5. The minimum absolute atomic E-state index is 0.397. The van der Waals surface area contributed by atoms with Gasteiger partial charge in [-0.25, -0.2) is 4.98 Å². The average Bonchev–Trinajstić information content (AvgIpc) is 3.11. The maximum atomic E-state index is 5.81. The van der Waals surface area contributed by atoms with Crippen molar-refractivity contribution in [3.05, 3.63) is 18.3 Å². The molecule has 2 aliphatic rings. The van der Waals surface area contributed by atoms with Gasteiger partial charge in [0.25, 0.3) is 0 Å². The minimum Gasteiger partial charge on any atom is -0.481 e. The summed E-state index contributed by atoms with van der Waals surface area (Å²) in [6.45, 7) is 0.876. The molecule has 0 spiro atoms. The zero-order valence-corrected chi connectivity index (χ0v) is 10.1. The van der Waals surface area contributed by atoms with Crippen LogP contribution in [0.4, 0.5) is 5.69 Å². The van der Waals surface area contributed by atoms with Gasteiger partial charge in [-0.15, -0.1) is 0 Å². The summed E-state index contributed by atoms with van der Waals surface area (Å²) in [5.41, 5.74) is 1.07. The van der Waals surface area contributed by atoms with Gasteiger partial charge >= 0.3 is 0 Å². The molecule has 1 aliphatic heterocycles. The van der Waals surface area contributed by atoms with Crippen LogP contribution in [0.1, 0.15) is 19.3 Å². The summed E-state index contributed by atoms with van der Waals surface area (Å²) in [5, 5.41) is 3.54. The van der Waals surface area contributed by atoms with E-state index in [4.69, 9.17) is 9.47 Å². The number of nitrogens with one attached hydrogen (secondary N) is 1. The quantitative estimate of drug-likeness (QED) is 0.866. The van der Waals surface area contributed by atoms with Crippen molar-refractivity contribution in [3.63, 3.8) is 0 Å². The SMILES string of the molecule is COc1cc(NC2CCOC2C2CC2)ccn1. The molecule has 92 valence electrons. The van der Waals surface area contributed by atoms with E-state index in [-0.39, 0.29) is 0 Å². The summed E-state index contributed by atoms with van der Waals surface area (Å²) in [7, 11) is 1.64. The van der Waals surface area contributed by atoms with Gasteiger partial charge in [0, 0.05) is 24.6 Å². The molecule has 0 radical (unpaired) electrons. The van der Waals surface area contributed by atoms with Crippen LogP contribution in [0, 0.1) is 5.92 Å². The van der Waals surface area contributed by atoms with E-state index in [1.165, 1.54) is 12.8 Å². The Morgan fingerprint density at radius 2 is 2.29 bits per heavy atom. The predicted octanol–water partition coefficient (Wildman–Crippen LogP) is 2.07. The fourth-order valence-corrected chi connectivity index (χ4v) is 2.48. The molecule has 1 N–H and O–H groups in total. The molecule has 0 bridgehead atoms. The second-order valence-electron chi connectivity index (χ2n) is 4.80.